The van der Waals surface area contributed by atoms with Gasteiger partial charge in [-0.05, 0) is 48.1 Å². The van der Waals surface area contributed by atoms with Crippen molar-refractivity contribution in [1.82, 2.24) is 15.1 Å². The molecule has 1 N–H and O–H groups in total. The number of H-pyrrole nitrogens is 1. The molecule has 1 aliphatic rings. The fraction of sp³-hybridized carbons (Fsp3) is 0.222. The van der Waals surface area contributed by atoms with Crippen LogP contribution < -0.4 is 0 Å². The number of carbonyl (C=O) groups is 1. The Morgan fingerprint density at radius 3 is 2.88 bits per heavy atom. The van der Waals surface area contributed by atoms with Gasteiger partial charge in [-0.3, -0.25) is 9.89 Å². The van der Waals surface area contributed by atoms with Crippen LogP contribution in [0.4, 0.5) is 4.39 Å². The van der Waals surface area contributed by atoms with E-state index in [2.05, 4.69) is 10.2 Å². The molecule has 0 aliphatic heterocycles. The zero-order valence-corrected chi connectivity index (χ0v) is 13.7. The maximum Gasteiger partial charge on any atom is 0.274 e. The number of aromatic amines is 1. The summed E-state index contributed by atoms with van der Waals surface area (Å²) in [6.45, 7) is 0.405. The summed E-state index contributed by atoms with van der Waals surface area (Å²) in [6, 6.07) is 12.4. The van der Waals surface area contributed by atoms with E-state index in [1.54, 1.807) is 28.4 Å². The molecule has 4 rings (SSSR count). The number of nitrogens with one attached hydrogen (secondary N) is 1. The van der Waals surface area contributed by atoms with Gasteiger partial charge in [0.15, 0.2) is 5.69 Å². The van der Waals surface area contributed by atoms with Gasteiger partial charge in [0.2, 0.25) is 0 Å². The van der Waals surface area contributed by atoms with E-state index in [0.717, 1.165) is 29.0 Å². The van der Waals surface area contributed by atoms with Crippen molar-refractivity contribution in [2.75, 3.05) is 0 Å². The molecule has 2 heterocycles. The van der Waals surface area contributed by atoms with Crippen molar-refractivity contribution in [2.45, 2.75) is 25.4 Å². The van der Waals surface area contributed by atoms with E-state index in [1.807, 2.05) is 23.6 Å². The first-order chi connectivity index (χ1) is 11.7. The van der Waals surface area contributed by atoms with Gasteiger partial charge in [0.25, 0.3) is 5.91 Å². The molecule has 1 saturated carbocycles. The Morgan fingerprint density at radius 2 is 2.17 bits per heavy atom. The number of benzene rings is 1. The Kier molecular flexibility index (Phi) is 3.90. The minimum atomic E-state index is -0.282. The maximum atomic E-state index is 13.4. The summed E-state index contributed by atoms with van der Waals surface area (Å²) < 4.78 is 13.4. The number of carbonyl (C=O) groups excluding carboxylic acids is 1. The molecule has 6 heteroatoms. The van der Waals surface area contributed by atoms with Crippen molar-refractivity contribution >= 4 is 17.2 Å². The molecule has 0 unspecified atom stereocenters. The molecule has 0 atom stereocenters. The third-order valence-electron chi connectivity index (χ3n) is 4.07. The Morgan fingerprint density at radius 1 is 1.29 bits per heavy atom. The number of nitrogens with zero attached hydrogens (tertiary/aromatic N) is 2. The second kappa shape index (κ2) is 6.20. The highest BCUT2D eigenvalue weighted by Crippen LogP contribution is 2.30. The van der Waals surface area contributed by atoms with Crippen LogP contribution >= 0.6 is 11.3 Å². The van der Waals surface area contributed by atoms with E-state index in [9.17, 15) is 9.18 Å². The predicted octanol–water partition coefficient (Wildman–Crippen LogP) is 4.08. The van der Waals surface area contributed by atoms with Crippen LogP contribution in [-0.4, -0.2) is 27.0 Å². The minimum absolute atomic E-state index is 0.110. The molecule has 4 nitrogen and oxygen atoms in total. The molecular formula is C18H16FN3OS. The molecule has 0 saturated heterocycles. The van der Waals surface area contributed by atoms with Crippen LogP contribution in [0.5, 0.6) is 0 Å². The normalized spacial score (nSPS) is 13.9. The van der Waals surface area contributed by atoms with Crippen LogP contribution in [0, 0.1) is 5.82 Å². The van der Waals surface area contributed by atoms with Crippen molar-refractivity contribution in [3.05, 3.63) is 64.9 Å². The standard InChI is InChI=1S/C18H16FN3OS/c19-13-4-1-3-12(9-13)11-22(14-6-7-14)18(23)16-10-15(20-21-16)17-5-2-8-24-17/h1-5,8-10,14H,6-7,11H2,(H,20,21). The molecule has 3 aromatic rings. The Bertz CT molecular complexity index is 855. The molecule has 1 aromatic carbocycles. The summed E-state index contributed by atoms with van der Waals surface area (Å²) >= 11 is 1.59. The van der Waals surface area contributed by atoms with Crippen molar-refractivity contribution in [3.63, 3.8) is 0 Å². The minimum Gasteiger partial charge on any atom is -0.330 e. The van der Waals surface area contributed by atoms with Crippen LogP contribution in [-0.2, 0) is 6.54 Å². The third-order valence-corrected chi connectivity index (χ3v) is 4.98. The van der Waals surface area contributed by atoms with Crippen LogP contribution in [0.15, 0.2) is 47.8 Å². The predicted molar refractivity (Wildman–Crippen MR) is 91.2 cm³/mol. The Hall–Kier alpha value is -2.47. The Balaban J connectivity index is 1.56. The van der Waals surface area contributed by atoms with Crippen molar-refractivity contribution in [2.24, 2.45) is 0 Å². The zero-order valence-electron chi connectivity index (χ0n) is 12.9. The largest absolute Gasteiger partial charge is 0.330 e. The van der Waals surface area contributed by atoms with Gasteiger partial charge in [0.05, 0.1) is 10.6 Å². The van der Waals surface area contributed by atoms with Gasteiger partial charge in [0.1, 0.15) is 5.82 Å². The van der Waals surface area contributed by atoms with Crippen LogP contribution in [0.25, 0.3) is 10.6 Å². The van der Waals surface area contributed by atoms with Gasteiger partial charge in [-0.15, -0.1) is 11.3 Å². The molecule has 1 amide bonds. The topological polar surface area (TPSA) is 49.0 Å². The molecule has 0 bridgehead atoms. The van der Waals surface area contributed by atoms with Gasteiger partial charge in [-0.25, -0.2) is 4.39 Å². The zero-order chi connectivity index (χ0) is 16.5. The highest BCUT2D eigenvalue weighted by atomic mass is 32.1. The van der Waals surface area contributed by atoms with E-state index in [1.165, 1.54) is 12.1 Å². The molecule has 24 heavy (non-hydrogen) atoms. The van der Waals surface area contributed by atoms with Crippen molar-refractivity contribution in [3.8, 4) is 10.6 Å². The van der Waals surface area contributed by atoms with Gasteiger partial charge in [-0.1, -0.05) is 18.2 Å². The Labute approximate surface area is 142 Å². The average Bonchev–Trinajstić information content (AvgIpc) is 3.08. The number of hydrogen-bond donors (Lipinski definition) is 1. The summed E-state index contributed by atoms with van der Waals surface area (Å²) in [7, 11) is 0. The molecule has 0 radical (unpaired) electrons. The monoisotopic (exact) mass is 341 g/mol. The summed E-state index contributed by atoms with van der Waals surface area (Å²) in [6.07, 6.45) is 1.98. The summed E-state index contributed by atoms with van der Waals surface area (Å²) in [4.78, 5) is 15.7. The molecular weight excluding hydrogens is 325 g/mol. The average molecular weight is 341 g/mol. The number of rotatable bonds is 5. The lowest BCUT2D eigenvalue weighted by molar-refractivity contribution is 0.0723. The van der Waals surface area contributed by atoms with Gasteiger partial charge >= 0.3 is 0 Å². The van der Waals surface area contributed by atoms with E-state index in [0.29, 0.717) is 12.2 Å². The smallest absolute Gasteiger partial charge is 0.274 e. The first kappa shape index (κ1) is 15.1. The molecule has 2 aromatic heterocycles. The van der Waals surface area contributed by atoms with Gasteiger partial charge in [-0.2, -0.15) is 5.10 Å². The number of aromatic nitrogens is 2. The maximum absolute atomic E-state index is 13.4. The van der Waals surface area contributed by atoms with Gasteiger partial charge < -0.3 is 4.90 Å². The molecule has 122 valence electrons. The first-order valence-electron chi connectivity index (χ1n) is 7.85. The first-order valence-corrected chi connectivity index (χ1v) is 8.73. The highest BCUT2D eigenvalue weighted by molar-refractivity contribution is 7.13. The van der Waals surface area contributed by atoms with E-state index in [-0.39, 0.29) is 17.8 Å². The quantitative estimate of drug-likeness (QED) is 0.760. The molecule has 1 aliphatic carbocycles. The van der Waals surface area contributed by atoms with Gasteiger partial charge in [0, 0.05) is 12.6 Å². The van der Waals surface area contributed by atoms with Crippen LogP contribution in [0.2, 0.25) is 0 Å². The fourth-order valence-corrected chi connectivity index (χ4v) is 3.41. The van der Waals surface area contributed by atoms with E-state index >= 15 is 0 Å². The number of thiophene rings is 1. The lowest BCUT2D eigenvalue weighted by atomic mass is 10.2. The lowest BCUT2D eigenvalue weighted by Gasteiger charge is -2.21. The SMILES string of the molecule is O=C(c1cc(-c2cccs2)[nH]n1)N(Cc1cccc(F)c1)C1CC1. The second-order valence-electron chi connectivity index (χ2n) is 5.94. The molecule has 0 spiro atoms. The van der Waals surface area contributed by atoms with E-state index in [4.69, 9.17) is 0 Å². The second-order valence-corrected chi connectivity index (χ2v) is 6.89. The molecule has 1 fully saturated rings. The summed E-state index contributed by atoms with van der Waals surface area (Å²) in [5.74, 6) is -0.392. The third kappa shape index (κ3) is 3.10. The number of hydrogen-bond acceptors (Lipinski definition) is 3. The van der Waals surface area contributed by atoms with Crippen LogP contribution in [0.3, 0.4) is 0 Å². The van der Waals surface area contributed by atoms with E-state index < -0.39 is 0 Å². The summed E-state index contributed by atoms with van der Waals surface area (Å²) in [5, 5.41) is 9.09. The van der Waals surface area contributed by atoms with Crippen molar-refractivity contribution < 1.29 is 9.18 Å². The fourth-order valence-electron chi connectivity index (χ4n) is 2.72. The van der Waals surface area contributed by atoms with Crippen LogP contribution in [0.1, 0.15) is 28.9 Å². The summed E-state index contributed by atoms with van der Waals surface area (Å²) in [5.41, 5.74) is 2.04. The lowest BCUT2D eigenvalue weighted by Crippen LogP contribution is -2.32. The number of amides is 1. The van der Waals surface area contributed by atoms with Crippen molar-refractivity contribution in [1.29, 1.82) is 0 Å². The number of halogens is 1. The highest BCUT2D eigenvalue weighted by Gasteiger charge is 2.34.